The van der Waals surface area contributed by atoms with Gasteiger partial charge < -0.3 is 5.73 Å². The van der Waals surface area contributed by atoms with E-state index in [0.717, 1.165) is 5.56 Å². The predicted octanol–water partition coefficient (Wildman–Crippen LogP) is 4.30. The molecule has 2 N–H and O–H groups in total. The van der Waals surface area contributed by atoms with Crippen LogP contribution in [0.4, 0.5) is 13.2 Å². The molecule has 1 atom stereocenters. The first-order valence-corrected chi connectivity index (χ1v) is 5.46. The smallest absolute Gasteiger partial charge is 0.324 e. The second kappa shape index (κ2) is 6.93. The molecule has 0 unspecified atom stereocenters. The van der Waals surface area contributed by atoms with E-state index < -0.39 is 5.51 Å². The summed E-state index contributed by atoms with van der Waals surface area (Å²) in [7, 11) is 0. The summed E-state index contributed by atoms with van der Waals surface area (Å²) in [6.07, 6.45) is 2.29. The van der Waals surface area contributed by atoms with Gasteiger partial charge in [-0.2, -0.15) is 13.2 Å². The van der Waals surface area contributed by atoms with Crippen molar-refractivity contribution in [1.29, 1.82) is 0 Å². The number of hydrogen-bond donors (Lipinski definition) is 1. The molecule has 0 saturated heterocycles. The molecule has 1 rings (SSSR count). The highest BCUT2D eigenvalue weighted by Gasteiger charge is 2.29. The van der Waals surface area contributed by atoms with Crippen molar-refractivity contribution < 1.29 is 13.2 Å². The average Bonchev–Trinajstić information content (AvgIpc) is 2.16. The van der Waals surface area contributed by atoms with Gasteiger partial charge in [0, 0.05) is 10.9 Å². The molecule has 0 aromatic heterocycles. The molecular formula is C11H13ClF3NS. The quantitative estimate of drug-likeness (QED) is 0.659. The highest BCUT2D eigenvalue weighted by molar-refractivity contribution is 8.00. The summed E-state index contributed by atoms with van der Waals surface area (Å²) in [5.41, 5.74) is 2.35. The van der Waals surface area contributed by atoms with Gasteiger partial charge in [0.2, 0.25) is 0 Å². The summed E-state index contributed by atoms with van der Waals surface area (Å²) < 4.78 is 36.1. The van der Waals surface area contributed by atoms with Crippen LogP contribution in [0.5, 0.6) is 0 Å². The zero-order chi connectivity index (χ0) is 12.2. The Hall–Kier alpha value is -0.650. The van der Waals surface area contributed by atoms with Gasteiger partial charge in [0.05, 0.1) is 0 Å². The van der Waals surface area contributed by atoms with Crippen LogP contribution in [0, 0.1) is 0 Å². The van der Waals surface area contributed by atoms with Crippen LogP contribution in [0.25, 0.3) is 0 Å². The van der Waals surface area contributed by atoms with E-state index in [-0.39, 0.29) is 35.1 Å². The van der Waals surface area contributed by atoms with E-state index in [4.69, 9.17) is 5.73 Å². The molecule has 1 aromatic rings. The van der Waals surface area contributed by atoms with Crippen molar-refractivity contribution in [2.24, 2.45) is 5.73 Å². The summed E-state index contributed by atoms with van der Waals surface area (Å²) in [5.74, 6) is 0. The molecule has 1 nitrogen and oxygen atoms in total. The Morgan fingerprint density at radius 3 is 2.24 bits per heavy atom. The molecule has 0 bridgehead atoms. The highest BCUT2D eigenvalue weighted by Crippen LogP contribution is 2.36. The Morgan fingerprint density at radius 2 is 1.82 bits per heavy atom. The number of halogens is 4. The van der Waals surface area contributed by atoms with Crippen molar-refractivity contribution in [3.63, 3.8) is 0 Å². The SMILES string of the molecule is C=CC[C@@H](N)c1ccc(SC(F)(F)F)cc1.Cl. The second-order valence-corrected chi connectivity index (χ2v) is 4.39. The Morgan fingerprint density at radius 1 is 1.29 bits per heavy atom. The van der Waals surface area contributed by atoms with Crippen molar-refractivity contribution in [2.75, 3.05) is 0 Å². The van der Waals surface area contributed by atoms with Crippen molar-refractivity contribution in [3.8, 4) is 0 Å². The number of thioether (sulfide) groups is 1. The third-order valence-corrected chi connectivity index (χ3v) is 2.70. The van der Waals surface area contributed by atoms with E-state index >= 15 is 0 Å². The first-order chi connectivity index (χ1) is 7.42. The van der Waals surface area contributed by atoms with Crippen molar-refractivity contribution in [3.05, 3.63) is 42.5 Å². The van der Waals surface area contributed by atoms with Gasteiger partial charge in [-0.05, 0) is 35.9 Å². The fraction of sp³-hybridized carbons (Fsp3) is 0.273. The van der Waals surface area contributed by atoms with Gasteiger partial charge in [-0.3, -0.25) is 0 Å². The molecule has 0 saturated carbocycles. The van der Waals surface area contributed by atoms with Crippen molar-refractivity contribution in [1.82, 2.24) is 0 Å². The van der Waals surface area contributed by atoms with Gasteiger partial charge >= 0.3 is 5.51 Å². The van der Waals surface area contributed by atoms with Crippen molar-refractivity contribution in [2.45, 2.75) is 22.9 Å². The van der Waals surface area contributed by atoms with Gasteiger partial charge in [0.25, 0.3) is 0 Å². The number of hydrogen-bond acceptors (Lipinski definition) is 2. The van der Waals surface area contributed by atoms with Crippen LogP contribution in [-0.2, 0) is 0 Å². The Kier molecular flexibility index (Phi) is 6.67. The molecule has 0 aliphatic rings. The van der Waals surface area contributed by atoms with Crippen LogP contribution in [0.3, 0.4) is 0 Å². The van der Waals surface area contributed by atoms with Crippen LogP contribution >= 0.6 is 24.2 Å². The van der Waals surface area contributed by atoms with E-state index in [0.29, 0.717) is 6.42 Å². The number of nitrogens with two attached hydrogens (primary N) is 1. The van der Waals surface area contributed by atoms with E-state index in [2.05, 4.69) is 6.58 Å². The molecule has 96 valence electrons. The number of alkyl halides is 3. The van der Waals surface area contributed by atoms with Gasteiger partial charge in [0.15, 0.2) is 0 Å². The third kappa shape index (κ3) is 6.00. The van der Waals surface area contributed by atoms with Crippen molar-refractivity contribution >= 4 is 24.2 Å². The summed E-state index contributed by atoms with van der Waals surface area (Å²) >= 11 is -0.126. The summed E-state index contributed by atoms with van der Waals surface area (Å²) in [5, 5.41) is 0. The first-order valence-electron chi connectivity index (χ1n) is 4.64. The Bertz CT molecular complexity index is 351. The number of benzene rings is 1. The largest absolute Gasteiger partial charge is 0.446 e. The van der Waals surface area contributed by atoms with Crippen LogP contribution in [-0.4, -0.2) is 5.51 Å². The zero-order valence-corrected chi connectivity index (χ0v) is 10.5. The lowest BCUT2D eigenvalue weighted by Gasteiger charge is -2.10. The monoisotopic (exact) mass is 283 g/mol. The summed E-state index contributed by atoms with van der Waals surface area (Å²) in [6, 6.07) is 5.87. The number of rotatable bonds is 4. The zero-order valence-electron chi connectivity index (χ0n) is 8.91. The van der Waals surface area contributed by atoms with Gasteiger partial charge in [-0.15, -0.1) is 19.0 Å². The molecule has 6 heteroatoms. The maximum atomic E-state index is 12.0. The second-order valence-electron chi connectivity index (χ2n) is 3.25. The predicted molar refractivity (Wildman–Crippen MR) is 67.3 cm³/mol. The minimum atomic E-state index is -4.25. The fourth-order valence-corrected chi connectivity index (χ4v) is 1.77. The van der Waals surface area contributed by atoms with Crippen LogP contribution in [0.2, 0.25) is 0 Å². The van der Waals surface area contributed by atoms with Gasteiger partial charge in [0.1, 0.15) is 0 Å². The summed E-state index contributed by atoms with van der Waals surface area (Å²) in [6.45, 7) is 3.56. The van der Waals surface area contributed by atoms with Crippen LogP contribution in [0.1, 0.15) is 18.0 Å². The lowest BCUT2D eigenvalue weighted by atomic mass is 10.1. The lowest BCUT2D eigenvalue weighted by molar-refractivity contribution is -0.0328. The lowest BCUT2D eigenvalue weighted by Crippen LogP contribution is -2.08. The molecule has 0 spiro atoms. The fourth-order valence-electron chi connectivity index (χ4n) is 1.23. The molecule has 0 amide bonds. The van der Waals surface area contributed by atoms with Gasteiger partial charge in [-0.25, -0.2) is 0 Å². The summed E-state index contributed by atoms with van der Waals surface area (Å²) in [4.78, 5) is 0.169. The molecule has 0 aliphatic heterocycles. The van der Waals surface area contributed by atoms with Crippen LogP contribution < -0.4 is 5.73 Å². The molecule has 0 radical (unpaired) electrons. The first kappa shape index (κ1) is 16.4. The maximum absolute atomic E-state index is 12.0. The molecule has 0 aliphatic carbocycles. The average molecular weight is 284 g/mol. The third-order valence-electron chi connectivity index (χ3n) is 1.96. The topological polar surface area (TPSA) is 26.0 Å². The van der Waals surface area contributed by atoms with Crippen LogP contribution in [0.15, 0.2) is 41.8 Å². The molecular weight excluding hydrogens is 271 g/mol. The minimum absolute atomic E-state index is 0. The molecule has 17 heavy (non-hydrogen) atoms. The Balaban J connectivity index is 0.00000256. The Labute approximate surface area is 109 Å². The van der Waals surface area contributed by atoms with Gasteiger partial charge in [-0.1, -0.05) is 18.2 Å². The standard InChI is InChI=1S/C11H12F3NS.ClH/c1-2-3-10(15)8-4-6-9(7-5-8)16-11(12,13)14;/h2,4-7,10H,1,3,15H2;1H/t10-;/m1./s1. The van der Waals surface area contributed by atoms with E-state index in [1.54, 1.807) is 18.2 Å². The normalized spacial score (nSPS) is 12.7. The molecule has 1 aromatic carbocycles. The molecule has 0 heterocycles. The van der Waals surface area contributed by atoms with E-state index in [9.17, 15) is 13.2 Å². The highest BCUT2D eigenvalue weighted by atomic mass is 35.5. The van der Waals surface area contributed by atoms with E-state index in [1.807, 2.05) is 0 Å². The van der Waals surface area contributed by atoms with E-state index in [1.165, 1.54) is 12.1 Å². The molecule has 0 fully saturated rings. The maximum Gasteiger partial charge on any atom is 0.446 e. The minimum Gasteiger partial charge on any atom is -0.324 e.